The molecule has 1 fully saturated rings. The molecule has 1 unspecified atom stereocenters. The van der Waals surface area contributed by atoms with Gasteiger partial charge in [0.1, 0.15) is 0 Å². The van der Waals surface area contributed by atoms with Crippen molar-refractivity contribution in [1.29, 1.82) is 0 Å². The van der Waals surface area contributed by atoms with Gasteiger partial charge >= 0.3 is 6.03 Å². The van der Waals surface area contributed by atoms with Gasteiger partial charge in [-0.05, 0) is 51.9 Å². The van der Waals surface area contributed by atoms with E-state index in [4.69, 9.17) is 9.47 Å². The molecule has 0 bridgehead atoms. The van der Waals surface area contributed by atoms with Gasteiger partial charge in [-0.25, -0.2) is 4.79 Å². The van der Waals surface area contributed by atoms with Crippen molar-refractivity contribution in [3.8, 4) is 0 Å². The second-order valence-electron chi connectivity index (χ2n) is 7.50. The Morgan fingerprint density at radius 3 is 2.44 bits per heavy atom. The maximum atomic E-state index is 12.5. The number of hydrogen-bond donors (Lipinski definition) is 1. The first-order valence-electron chi connectivity index (χ1n) is 9.96. The maximum Gasteiger partial charge on any atom is 0.317 e. The fourth-order valence-electron chi connectivity index (χ4n) is 3.37. The molecule has 6 nitrogen and oxygen atoms in total. The van der Waals surface area contributed by atoms with Crippen LogP contribution in [0.2, 0.25) is 0 Å². The van der Waals surface area contributed by atoms with Crippen LogP contribution in [0.5, 0.6) is 0 Å². The molecule has 6 heteroatoms. The molecule has 2 amide bonds. The van der Waals surface area contributed by atoms with Gasteiger partial charge in [0.25, 0.3) is 0 Å². The standard InChI is InChI=1S/C21H35N3O3/c1-5-24(17(2)15-23(3)4)21(25)22-14-18-6-8-19(9-7-18)16-27-20-10-12-26-13-11-20/h6-9,17,20H,5,10-16H2,1-4H3,(H,22,25). The zero-order chi connectivity index (χ0) is 19.6. The maximum absolute atomic E-state index is 12.5. The monoisotopic (exact) mass is 377 g/mol. The summed E-state index contributed by atoms with van der Waals surface area (Å²) >= 11 is 0. The van der Waals surface area contributed by atoms with Gasteiger partial charge in [-0.15, -0.1) is 0 Å². The van der Waals surface area contributed by atoms with Crippen molar-refractivity contribution in [2.24, 2.45) is 0 Å². The Morgan fingerprint density at radius 1 is 1.22 bits per heavy atom. The molecule has 27 heavy (non-hydrogen) atoms. The number of amides is 2. The molecule has 152 valence electrons. The summed E-state index contributed by atoms with van der Waals surface area (Å²) in [5.41, 5.74) is 2.25. The summed E-state index contributed by atoms with van der Waals surface area (Å²) in [4.78, 5) is 16.5. The van der Waals surface area contributed by atoms with Crippen LogP contribution in [-0.2, 0) is 22.6 Å². The summed E-state index contributed by atoms with van der Waals surface area (Å²) in [5.74, 6) is 0. The van der Waals surface area contributed by atoms with Crippen LogP contribution in [0, 0.1) is 0 Å². The van der Waals surface area contributed by atoms with Crippen molar-refractivity contribution in [3.63, 3.8) is 0 Å². The van der Waals surface area contributed by atoms with Gasteiger partial charge in [0.05, 0.1) is 12.7 Å². The molecule has 1 atom stereocenters. The quantitative estimate of drug-likeness (QED) is 0.719. The summed E-state index contributed by atoms with van der Waals surface area (Å²) in [5, 5.41) is 3.03. The predicted octanol–water partition coefficient (Wildman–Crippen LogP) is 2.86. The van der Waals surface area contributed by atoms with Gasteiger partial charge in [-0.3, -0.25) is 0 Å². The van der Waals surface area contributed by atoms with Crippen molar-refractivity contribution >= 4 is 6.03 Å². The first-order chi connectivity index (χ1) is 13.0. The molecule has 1 aliphatic heterocycles. The van der Waals surface area contributed by atoms with E-state index >= 15 is 0 Å². The van der Waals surface area contributed by atoms with Gasteiger partial charge in [0, 0.05) is 38.9 Å². The molecular formula is C21H35N3O3. The highest BCUT2D eigenvalue weighted by molar-refractivity contribution is 5.74. The third-order valence-corrected chi connectivity index (χ3v) is 4.88. The predicted molar refractivity (Wildman–Crippen MR) is 108 cm³/mol. The number of hydrogen-bond acceptors (Lipinski definition) is 4. The number of nitrogens with one attached hydrogen (secondary N) is 1. The fraction of sp³-hybridized carbons (Fsp3) is 0.667. The number of rotatable bonds is 9. The summed E-state index contributed by atoms with van der Waals surface area (Å²) in [6.07, 6.45) is 2.26. The van der Waals surface area contributed by atoms with Gasteiger partial charge in [0.2, 0.25) is 0 Å². The molecule has 0 radical (unpaired) electrons. The van der Waals surface area contributed by atoms with E-state index in [2.05, 4.69) is 41.4 Å². The Hall–Kier alpha value is -1.63. The highest BCUT2D eigenvalue weighted by atomic mass is 16.5. The van der Waals surface area contributed by atoms with Crippen molar-refractivity contribution in [1.82, 2.24) is 15.1 Å². The molecule has 1 saturated heterocycles. The van der Waals surface area contributed by atoms with Crippen molar-refractivity contribution in [3.05, 3.63) is 35.4 Å². The van der Waals surface area contributed by atoms with Crippen LogP contribution >= 0.6 is 0 Å². The molecule has 0 aromatic heterocycles. The van der Waals surface area contributed by atoms with E-state index in [-0.39, 0.29) is 12.1 Å². The van der Waals surface area contributed by atoms with Crippen LogP contribution < -0.4 is 5.32 Å². The molecule has 1 aliphatic rings. The van der Waals surface area contributed by atoms with Gasteiger partial charge in [-0.1, -0.05) is 24.3 Å². The fourth-order valence-corrected chi connectivity index (χ4v) is 3.37. The van der Waals surface area contributed by atoms with Crippen LogP contribution in [0.1, 0.15) is 37.8 Å². The zero-order valence-electron chi connectivity index (χ0n) is 17.2. The Bertz CT molecular complexity index is 556. The Balaban J connectivity index is 1.77. The van der Waals surface area contributed by atoms with Crippen molar-refractivity contribution in [2.75, 3.05) is 40.4 Å². The van der Waals surface area contributed by atoms with Crippen molar-refractivity contribution in [2.45, 2.75) is 52.0 Å². The minimum absolute atomic E-state index is 0.0150. The first-order valence-corrected chi connectivity index (χ1v) is 9.96. The molecular weight excluding hydrogens is 342 g/mol. The van der Waals surface area contributed by atoms with Crippen LogP contribution in [0.3, 0.4) is 0 Å². The molecule has 0 spiro atoms. The van der Waals surface area contributed by atoms with Crippen LogP contribution in [-0.4, -0.2) is 68.4 Å². The lowest BCUT2D eigenvalue weighted by Gasteiger charge is -2.30. The number of urea groups is 1. The summed E-state index contributed by atoms with van der Waals surface area (Å²) in [6.45, 7) is 8.40. The van der Waals surface area contributed by atoms with Crippen molar-refractivity contribution < 1.29 is 14.3 Å². The number of nitrogens with zero attached hydrogens (tertiary/aromatic N) is 2. The lowest BCUT2D eigenvalue weighted by atomic mass is 10.1. The van der Waals surface area contributed by atoms with Crippen LogP contribution in [0.15, 0.2) is 24.3 Å². The topological polar surface area (TPSA) is 54.0 Å². The van der Waals surface area contributed by atoms with E-state index in [0.717, 1.165) is 43.7 Å². The second kappa shape index (κ2) is 11.3. The number of benzene rings is 1. The molecule has 0 saturated carbocycles. The summed E-state index contributed by atoms with van der Waals surface area (Å²) < 4.78 is 11.3. The van der Waals surface area contributed by atoms with Crippen LogP contribution in [0.4, 0.5) is 4.79 Å². The number of likely N-dealkylation sites (N-methyl/N-ethyl adjacent to an activating group) is 2. The Morgan fingerprint density at radius 2 is 1.85 bits per heavy atom. The van der Waals surface area contributed by atoms with E-state index < -0.39 is 0 Å². The molecule has 2 rings (SSSR count). The molecule has 1 heterocycles. The van der Waals surface area contributed by atoms with E-state index in [1.54, 1.807) is 0 Å². The number of carbonyl (C=O) groups excluding carboxylic acids is 1. The average Bonchev–Trinajstić information content (AvgIpc) is 2.66. The minimum Gasteiger partial charge on any atom is -0.381 e. The zero-order valence-corrected chi connectivity index (χ0v) is 17.2. The van der Waals surface area contributed by atoms with E-state index in [9.17, 15) is 4.79 Å². The first kappa shape index (κ1) is 21.7. The molecule has 1 N–H and O–H groups in total. The summed E-state index contributed by atoms with van der Waals surface area (Å²) in [7, 11) is 4.05. The third-order valence-electron chi connectivity index (χ3n) is 4.88. The minimum atomic E-state index is -0.0150. The van der Waals surface area contributed by atoms with Gasteiger partial charge in [-0.2, -0.15) is 0 Å². The van der Waals surface area contributed by atoms with E-state index in [1.165, 1.54) is 0 Å². The van der Waals surface area contributed by atoms with Crippen LogP contribution in [0.25, 0.3) is 0 Å². The molecule has 1 aromatic rings. The lowest BCUT2D eigenvalue weighted by molar-refractivity contribution is -0.0390. The average molecular weight is 378 g/mol. The SMILES string of the molecule is CCN(C(=O)NCc1ccc(COC2CCOCC2)cc1)C(C)CN(C)C. The molecule has 0 aliphatic carbocycles. The largest absolute Gasteiger partial charge is 0.381 e. The van der Waals surface area contributed by atoms with Gasteiger partial charge in [0.15, 0.2) is 0 Å². The molecule has 1 aromatic carbocycles. The second-order valence-corrected chi connectivity index (χ2v) is 7.50. The lowest BCUT2D eigenvalue weighted by Crippen LogP contribution is -2.48. The Kier molecular flexibility index (Phi) is 9.04. The van der Waals surface area contributed by atoms with E-state index in [1.807, 2.05) is 25.9 Å². The van der Waals surface area contributed by atoms with E-state index in [0.29, 0.717) is 25.8 Å². The normalized spacial score (nSPS) is 16.3. The highest BCUT2D eigenvalue weighted by Gasteiger charge is 2.18. The Labute approximate surface area is 163 Å². The summed E-state index contributed by atoms with van der Waals surface area (Å²) in [6, 6.07) is 8.43. The number of ether oxygens (including phenoxy) is 2. The van der Waals surface area contributed by atoms with Gasteiger partial charge < -0.3 is 24.6 Å². The third kappa shape index (κ3) is 7.48. The number of carbonyl (C=O) groups is 1. The smallest absolute Gasteiger partial charge is 0.317 e. The highest BCUT2D eigenvalue weighted by Crippen LogP contribution is 2.14.